The van der Waals surface area contributed by atoms with E-state index in [1.54, 1.807) is 0 Å². The van der Waals surface area contributed by atoms with Crippen molar-refractivity contribution in [2.75, 3.05) is 6.54 Å². The van der Waals surface area contributed by atoms with Crippen LogP contribution in [0, 0.1) is 0 Å². The summed E-state index contributed by atoms with van der Waals surface area (Å²) in [6, 6.07) is 0. The first-order chi connectivity index (χ1) is 3.79. The zero-order valence-electron chi connectivity index (χ0n) is 5.48. The third-order valence-corrected chi connectivity index (χ3v) is 1.42. The molecule has 2 heteroatoms. The Kier molecular flexibility index (Phi) is 1.86. The van der Waals surface area contributed by atoms with Crippen LogP contribution in [0.4, 0.5) is 0 Å². The molecule has 8 heavy (non-hydrogen) atoms. The summed E-state index contributed by atoms with van der Waals surface area (Å²) in [4.78, 5) is 0. The standard InChI is InChI=1S/C6H13NO/c1-5-3-4-7-6(2)8-5/h5-7H,3-4H2,1-2H3. The zero-order chi connectivity index (χ0) is 5.98. The second-order valence-electron chi connectivity index (χ2n) is 2.33. The molecule has 0 spiro atoms. The smallest absolute Gasteiger partial charge is 0.105 e. The molecule has 1 aliphatic heterocycles. The molecule has 0 aromatic rings. The van der Waals surface area contributed by atoms with Crippen molar-refractivity contribution in [3.63, 3.8) is 0 Å². The van der Waals surface area contributed by atoms with E-state index in [1.165, 1.54) is 0 Å². The summed E-state index contributed by atoms with van der Waals surface area (Å²) < 4.78 is 5.38. The van der Waals surface area contributed by atoms with Crippen LogP contribution < -0.4 is 5.32 Å². The van der Waals surface area contributed by atoms with Gasteiger partial charge in [-0.15, -0.1) is 0 Å². The van der Waals surface area contributed by atoms with Gasteiger partial charge in [0, 0.05) is 0 Å². The van der Waals surface area contributed by atoms with E-state index in [0.717, 1.165) is 13.0 Å². The average molecular weight is 115 g/mol. The van der Waals surface area contributed by atoms with Gasteiger partial charge < -0.3 is 4.74 Å². The largest absolute Gasteiger partial charge is 0.361 e. The fourth-order valence-electron chi connectivity index (χ4n) is 0.954. The molecule has 1 N–H and O–H groups in total. The lowest BCUT2D eigenvalue weighted by molar-refractivity contribution is -0.0409. The maximum Gasteiger partial charge on any atom is 0.105 e. The third kappa shape index (κ3) is 1.46. The Morgan fingerprint density at radius 1 is 1.50 bits per heavy atom. The summed E-state index contributed by atoms with van der Waals surface area (Å²) in [5.74, 6) is 0. The van der Waals surface area contributed by atoms with Crippen LogP contribution in [-0.4, -0.2) is 18.9 Å². The van der Waals surface area contributed by atoms with Gasteiger partial charge in [0.25, 0.3) is 0 Å². The monoisotopic (exact) mass is 115 g/mol. The van der Waals surface area contributed by atoms with Crippen molar-refractivity contribution in [3.8, 4) is 0 Å². The van der Waals surface area contributed by atoms with Crippen molar-refractivity contribution in [1.29, 1.82) is 0 Å². The maximum atomic E-state index is 5.38. The summed E-state index contributed by atoms with van der Waals surface area (Å²) >= 11 is 0. The van der Waals surface area contributed by atoms with Crippen molar-refractivity contribution in [1.82, 2.24) is 5.32 Å². The molecule has 0 aliphatic carbocycles. The van der Waals surface area contributed by atoms with Crippen LogP contribution >= 0.6 is 0 Å². The predicted octanol–water partition coefficient (Wildman–Crippen LogP) is 0.731. The van der Waals surface area contributed by atoms with E-state index in [-0.39, 0.29) is 6.23 Å². The molecule has 48 valence electrons. The molecular formula is C6H13NO. The summed E-state index contributed by atoms with van der Waals surface area (Å²) in [7, 11) is 0. The summed E-state index contributed by atoms with van der Waals surface area (Å²) in [6.45, 7) is 5.25. The van der Waals surface area contributed by atoms with Crippen LogP contribution in [0.15, 0.2) is 0 Å². The highest BCUT2D eigenvalue weighted by atomic mass is 16.5. The lowest BCUT2D eigenvalue weighted by Gasteiger charge is -2.25. The van der Waals surface area contributed by atoms with Crippen LogP contribution in [0.3, 0.4) is 0 Å². The number of nitrogens with one attached hydrogen (secondary N) is 1. The van der Waals surface area contributed by atoms with Gasteiger partial charge in [0.15, 0.2) is 0 Å². The van der Waals surface area contributed by atoms with E-state index in [4.69, 9.17) is 4.74 Å². The van der Waals surface area contributed by atoms with Crippen molar-refractivity contribution < 1.29 is 4.74 Å². The summed E-state index contributed by atoms with van der Waals surface area (Å²) in [6.07, 6.45) is 1.86. The molecule has 2 nitrogen and oxygen atoms in total. The third-order valence-electron chi connectivity index (χ3n) is 1.42. The van der Waals surface area contributed by atoms with Gasteiger partial charge in [-0.1, -0.05) is 0 Å². The molecule has 0 bridgehead atoms. The van der Waals surface area contributed by atoms with Crippen LogP contribution in [0.5, 0.6) is 0 Å². The zero-order valence-corrected chi connectivity index (χ0v) is 5.48. The molecule has 0 saturated carbocycles. The van der Waals surface area contributed by atoms with Crippen molar-refractivity contribution in [2.45, 2.75) is 32.6 Å². The van der Waals surface area contributed by atoms with E-state index in [2.05, 4.69) is 12.2 Å². The normalized spacial score (nSPS) is 39.8. The molecule has 1 saturated heterocycles. The lowest BCUT2D eigenvalue weighted by atomic mass is 10.2. The van der Waals surface area contributed by atoms with Gasteiger partial charge in [0.05, 0.1) is 6.10 Å². The summed E-state index contributed by atoms with van der Waals surface area (Å²) in [5.41, 5.74) is 0. The Bertz CT molecular complexity index is 66.9. The topological polar surface area (TPSA) is 21.3 Å². The minimum atomic E-state index is 0.263. The molecule has 0 radical (unpaired) electrons. The molecule has 1 rings (SSSR count). The molecule has 0 amide bonds. The first-order valence-electron chi connectivity index (χ1n) is 3.18. The van der Waals surface area contributed by atoms with E-state index in [1.807, 2.05) is 6.92 Å². The number of rotatable bonds is 0. The van der Waals surface area contributed by atoms with Crippen LogP contribution in [-0.2, 0) is 4.74 Å². The maximum absolute atomic E-state index is 5.38. The van der Waals surface area contributed by atoms with Crippen LogP contribution in [0.2, 0.25) is 0 Å². The van der Waals surface area contributed by atoms with Gasteiger partial charge in [-0.05, 0) is 26.8 Å². The van der Waals surface area contributed by atoms with E-state index in [0.29, 0.717) is 6.10 Å². The molecule has 1 fully saturated rings. The van der Waals surface area contributed by atoms with Gasteiger partial charge in [-0.3, -0.25) is 5.32 Å². The molecule has 2 atom stereocenters. The van der Waals surface area contributed by atoms with Gasteiger partial charge in [-0.25, -0.2) is 0 Å². The molecular weight excluding hydrogens is 102 g/mol. The van der Waals surface area contributed by atoms with E-state index in [9.17, 15) is 0 Å². The van der Waals surface area contributed by atoms with Gasteiger partial charge in [-0.2, -0.15) is 0 Å². The van der Waals surface area contributed by atoms with Gasteiger partial charge in [0.2, 0.25) is 0 Å². The first kappa shape index (κ1) is 6.05. The number of ether oxygens (including phenoxy) is 1. The molecule has 0 aromatic heterocycles. The quantitative estimate of drug-likeness (QED) is 0.502. The van der Waals surface area contributed by atoms with Crippen molar-refractivity contribution in [3.05, 3.63) is 0 Å². The molecule has 1 aliphatic rings. The number of hydrogen-bond donors (Lipinski definition) is 1. The average Bonchev–Trinajstić information content (AvgIpc) is 1.64. The van der Waals surface area contributed by atoms with Crippen molar-refractivity contribution in [2.24, 2.45) is 0 Å². The van der Waals surface area contributed by atoms with Crippen molar-refractivity contribution >= 4 is 0 Å². The van der Waals surface area contributed by atoms with Crippen LogP contribution in [0.1, 0.15) is 20.3 Å². The SMILES string of the molecule is CC1CCNC(C)O1. The van der Waals surface area contributed by atoms with E-state index < -0.39 is 0 Å². The van der Waals surface area contributed by atoms with Gasteiger partial charge >= 0.3 is 0 Å². The lowest BCUT2D eigenvalue weighted by Crippen LogP contribution is -2.39. The summed E-state index contributed by atoms with van der Waals surface area (Å²) in [5, 5.41) is 3.19. The predicted molar refractivity (Wildman–Crippen MR) is 32.6 cm³/mol. The Morgan fingerprint density at radius 2 is 2.25 bits per heavy atom. The highest BCUT2D eigenvalue weighted by Gasteiger charge is 2.12. The second-order valence-corrected chi connectivity index (χ2v) is 2.33. The highest BCUT2D eigenvalue weighted by molar-refractivity contribution is 4.62. The minimum Gasteiger partial charge on any atom is -0.361 e. The Balaban J connectivity index is 2.23. The fourth-order valence-corrected chi connectivity index (χ4v) is 0.954. The van der Waals surface area contributed by atoms with Gasteiger partial charge in [0.1, 0.15) is 6.23 Å². The molecule has 0 aromatic carbocycles. The highest BCUT2D eigenvalue weighted by Crippen LogP contribution is 2.04. The van der Waals surface area contributed by atoms with Crippen LogP contribution in [0.25, 0.3) is 0 Å². The van der Waals surface area contributed by atoms with E-state index >= 15 is 0 Å². The molecule has 1 heterocycles. The fraction of sp³-hybridized carbons (Fsp3) is 1.00. The Labute approximate surface area is 50.2 Å². The Morgan fingerprint density at radius 3 is 2.62 bits per heavy atom. The first-order valence-corrected chi connectivity index (χ1v) is 3.18. The molecule has 2 unspecified atom stereocenters. The Hall–Kier alpha value is -0.0800. The number of hydrogen-bond acceptors (Lipinski definition) is 2. The second kappa shape index (κ2) is 2.46. The minimum absolute atomic E-state index is 0.263.